The van der Waals surface area contributed by atoms with Gasteiger partial charge in [0.15, 0.2) is 0 Å². The highest BCUT2D eigenvalue weighted by molar-refractivity contribution is 5.66. The van der Waals surface area contributed by atoms with Crippen LogP contribution in [0, 0.1) is 11.8 Å². The lowest BCUT2D eigenvalue weighted by Crippen LogP contribution is -2.29. The summed E-state index contributed by atoms with van der Waals surface area (Å²) >= 11 is 0. The summed E-state index contributed by atoms with van der Waals surface area (Å²) in [4.78, 5) is 10.6. The van der Waals surface area contributed by atoms with Crippen LogP contribution in [0.1, 0.15) is 82.6 Å². The summed E-state index contributed by atoms with van der Waals surface area (Å²) in [6, 6.07) is 7.12. The molecule has 0 spiro atoms. The Kier molecular flexibility index (Phi) is 7.96. The van der Waals surface area contributed by atoms with E-state index in [1.807, 2.05) is 19.1 Å². The summed E-state index contributed by atoms with van der Waals surface area (Å²) in [6.07, 6.45) is 9.84. The fourth-order valence-electron chi connectivity index (χ4n) is 5.29. The van der Waals surface area contributed by atoms with Crippen molar-refractivity contribution < 1.29 is 24.9 Å². The smallest absolute Gasteiger partial charge is 0.303 e. The molecule has 1 aromatic rings. The number of carboxylic acids is 1. The van der Waals surface area contributed by atoms with Crippen LogP contribution in [0.4, 0.5) is 0 Å². The van der Waals surface area contributed by atoms with Crippen LogP contribution in [0.2, 0.25) is 0 Å². The van der Waals surface area contributed by atoms with E-state index in [1.165, 1.54) is 0 Å². The number of unbranched alkanes of at least 4 members (excludes halogenated alkanes) is 3. The lowest BCUT2D eigenvalue weighted by atomic mass is 9.74. The second kappa shape index (κ2) is 10.4. The van der Waals surface area contributed by atoms with Gasteiger partial charge in [-0.1, -0.05) is 38.3 Å². The van der Waals surface area contributed by atoms with Crippen molar-refractivity contribution in [2.24, 2.45) is 11.8 Å². The molecule has 2 bridgehead atoms. The van der Waals surface area contributed by atoms with Crippen molar-refractivity contribution in [2.75, 3.05) is 0 Å². The number of phenolic OH excluding ortho intramolecular Hbond substituents is 1. The first-order valence-corrected chi connectivity index (χ1v) is 11.3. The molecule has 2 heterocycles. The van der Waals surface area contributed by atoms with E-state index in [2.05, 4.69) is 0 Å². The first-order chi connectivity index (χ1) is 14.0. The van der Waals surface area contributed by atoms with Crippen molar-refractivity contribution in [3.8, 4) is 5.75 Å². The summed E-state index contributed by atoms with van der Waals surface area (Å²) in [5, 5.41) is 28.9. The monoisotopic (exact) mass is 404 g/mol. The first-order valence-electron chi connectivity index (χ1n) is 11.3. The number of ether oxygens (including phenoxy) is 1. The Morgan fingerprint density at radius 2 is 1.66 bits per heavy atom. The zero-order valence-electron chi connectivity index (χ0n) is 17.5. The molecular formula is C24H36O5. The van der Waals surface area contributed by atoms with E-state index in [9.17, 15) is 15.0 Å². The van der Waals surface area contributed by atoms with Crippen molar-refractivity contribution in [3.05, 3.63) is 29.8 Å². The number of phenols is 1. The third-order valence-corrected chi connectivity index (χ3v) is 7.06. The number of hydrogen-bond acceptors (Lipinski definition) is 4. The Morgan fingerprint density at radius 3 is 2.31 bits per heavy atom. The van der Waals surface area contributed by atoms with Gasteiger partial charge in [-0.3, -0.25) is 4.79 Å². The lowest BCUT2D eigenvalue weighted by molar-refractivity contribution is -0.137. The Balaban J connectivity index is 1.44. The molecule has 162 valence electrons. The molecule has 2 aliphatic heterocycles. The van der Waals surface area contributed by atoms with E-state index in [0.717, 1.165) is 63.4 Å². The molecule has 5 heteroatoms. The fraction of sp³-hybridized carbons (Fsp3) is 0.708. The van der Waals surface area contributed by atoms with Crippen LogP contribution in [0.3, 0.4) is 0 Å². The highest BCUT2D eigenvalue weighted by Gasteiger charge is 2.47. The minimum atomic E-state index is -0.702. The van der Waals surface area contributed by atoms with Crippen molar-refractivity contribution in [1.29, 1.82) is 0 Å². The summed E-state index contributed by atoms with van der Waals surface area (Å²) in [7, 11) is 0. The Morgan fingerprint density at radius 1 is 1.03 bits per heavy atom. The van der Waals surface area contributed by atoms with Gasteiger partial charge in [0.2, 0.25) is 0 Å². The van der Waals surface area contributed by atoms with Gasteiger partial charge in [0.25, 0.3) is 0 Å². The average molecular weight is 405 g/mol. The number of aliphatic hydroxyl groups is 1. The molecule has 2 aliphatic rings. The molecule has 6 atom stereocenters. The molecule has 6 unspecified atom stereocenters. The highest BCUT2D eigenvalue weighted by atomic mass is 16.5. The van der Waals surface area contributed by atoms with Crippen molar-refractivity contribution in [1.82, 2.24) is 0 Å². The normalized spacial score (nSPS) is 27.8. The number of aliphatic hydroxyl groups excluding tert-OH is 1. The minimum absolute atomic E-state index is 0.0443. The molecule has 1 aromatic carbocycles. The van der Waals surface area contributed by atoms with Gasteiger partial charge < -0.3 is 20.1 Å². The van der Waals surface area contributed by atoms with Crippen LogP contribution in [-0.4, -0.2) is 39.6 Å². The molecule has 2 fully saturated rings. The van der Waals surface area contributed by atoms with E-state index >= 15 is 0 Å². The third kappa shape index (κ3) is 5.95. The predicted molar refractivity (Wildman–Crippen MR) is 112 cm³/mol. The van der Waals surface area contributed by atoms with Gasteiger partial charge in [-0.25, -0.2) is 0 Å². The molecule has 5 nitrogen and oxygen atoms in total. The van der Waals surface area contributed by atoms with Crippen LogP contribution in [0.25, 0.3) is 0 Å². The topological polar surface area (TPSA) is 87.0 Å². The van der Waals surface area contributed by atoms with Crippen LogP contribution in [0.15, 0.2) is 24.3 Å². The van der Waals surface area contributed by atoms with Gasteiger partial charge in [0, 0.05) is 12.3 Å². The van der Waals surface area contributed by atoms with Crippen molar-refractivity contribution in [3.63, 3.8) is 0 Å². The van der Waals surface area contributed by atoms with Gasteiger partial charge >= 0.3 is 5.97 Å². The third-order valence-electron chi connectivity index (χ3n) is 7.06. The van der Waals surface area contributed by atoms with Crippen LogP contribution < -0.4 is 0 Å². The van der Waals surface area contributed by atoms with Crippen molar-refractivity contribution >= 4 is 5.97 Å². The zero-order chi connectivity index (χ0) is 20.8. The summed E-state index contributed by atoms with van der Waals surface area (Å²) in [6.45, 7) is 2.04. The zero-order valence-corrected chi connectivity index (χ0v) is 17.5. The lowest BCUT2D eigenvalue weighted by Gasteiger charge is -2.29. The van der Waals surface area contributed by atoms with Crippen LogP contribution >= 0.6 is 0 Å². The minimum Gasteiger partial charge on any atom is -0.508 e. The molecule has 2 saturated heterocycles. The van der Waals surface area contributed by atoms with E-state index in [4.69, 9.17) is 9.84 Å². The summed E-state index contributed by atoms with van der Waals surface area (Å²) in [5.41, 5.74) is 1.05. The Bertz CT molecular complexity index is 643. The number of aliphatic carboxylic acids is 1. The second-order valence-corrected chi connectivity index (χ2v) is 8.99. The maximum absolute atomic E-state index is 10.7. The summed E-state index contributed by atoms with van der Waals surface area (Å²) in [5.74, 6) is 0.716. The molecule has 3 rings (SSSR count). The second-order valence-electron chi connectivity index (χ2n) is 8.99. The van der Waals surface area contributed by atoms with Gasteiger partial charge in [0.1, 0.15) is 5.75 Å². The van der Waals surface area contributed by atoms with Gasteiger partial charge in [-0.05, 0) is 68.1 Å². The molecule has 0 amide bonds. The summed E-state index contributed by atoms with van der Waals surface area (Å²) < 4.78 is 6.21. The molecule has 0 aromatic heterocycles. The van der Waals surface area contributed by atoms with Gasteiger partial charge in [-0.2, -0.15) is 0 Å². The Labute approximate surface area is 174 Å². The Hall–Kier alpha value is -1.59. The van der Waals surface area contributed by atoms with E-state index in [1.54, 1.807) is 12.1 Å². The average Bonchev–Trinajstić information content (AvgIpc) is 3.30. The van der Waals surface area contributed by atoms with Crippen LogP contribution in [-0.2, 0) is 9.53 Å². The maximum Gasteiger partial charge on any atom is 0.303 e. The number of hydrogen-bond donors (Lipinski definition) is 3. The maximum atomic E-state index is 10.7. The fourth-order valence-corrected chi connectivity index (χ4v) is 5.29. The largest absolute Gasteiger partial charge is 0.508 e. The quantitative estimate of drug-likeness (QED) is 0.433. The molecule has 29 heavy (non-hydrogen) atoms. The number of rotatable bonds is 12. The van der Waals surface area contributed by atoms with Gasteiger partial charge in [-0.15, -0.1) is 0 Å². The van der Waals surface area contributed by atoms with Crippen molar-refractivity contribution in [2.45, 2.75) is 95.4 Å². The SMILES string of the molecule is CC(c1ccc(O)cc1)C(O)CCC1C2CCC(O2)C1CCCCCCC(=O)O. The molecule has 0 aliphatic carbocycles. The van der Waals surface area contributed by atoms with Gasteiger partial charge in [0.05, 0.1) is 18.3 Å². The number of carbonyl (C=O) groups is 1. The number of carboxylic acid groups (broad SMARTS) is 1. The molecule has 3 N–H and O–H groups in total. The van der Waals surface area contributed by atoms with Crippen LogP contribution in [0.5, 0.6) is 5.75 Å². The molecule has 0 saturated carbocycles. The first kappa shape index (κ1) is 22.1. The number of aromatic hydroxyl groups is 1. The standard InChI is InChI=1S/C24H36O5/c1-16(17-8-10-18(25)11-9-17)21(26)13-12-20-19(22-14-15-23(20)29-22)6-4-2-3-5-7-24(27)28/h8-11,16,19-23,25-26H,2-7,12-15H2,1H3,(H,27,28). The molecular weight excluding hydrogens is 368 g/mol. The predicted octanol–water partition coefficient (Wildman–Crippen LogP) is 4.86. The molecule has 0 radical (unpaired) electrons. The number of fused-ring (bicyclic) bond motifs is 2. The van der Waals surface area contributed by atoms with E-state index < -0.39 is 12.1 Å². The van der Waals surface area contributed by atoms with E-state index in [-0.39, 0.29) is 18.1 Å². The number of benzene rings is 1. The van der Waals surface area contributed by atoms with E-state index in [0.29, 0.717) is 24.0 Å². The highest BCUT2D eigenvalue weighted by Crippen LogP contribution is 2.48.